The van der Waals surface area contributed by atoms with E-state index in [-0.39, 0.29) is 18.3 Å². The number of hydrogen-bond donors (Lipinski definition) is 1. The standard InChI is InChI=1S/C13H16FNO2/c1-15(8-3-9-16)13(17)7-6-11-4-2-5-12(14)10-11/h2,4-7,10,16H,3,8-9H2,1H3/b7-6+. The molecule has 0 aliphatic rings. The van der Waals surface area contributed by atoms with Crippen LogP contribution in [0.5, 0.6) is 0 Å². The molecule has 0 fully saturated rings. The second-order valence-electron chi connectivity index (χ2n) is 3.73. The average molecular weight is 237 g/mol. The maximum absolute atomic E-state index is 12.9. The summed E-state index contributed by atoms with van der Waals surface area (Å²) >= 11 is 0. The molecule has 0 saturated carbocycles. The number of aliphatic hydroxyl groups excluding tert-OH is 1. The molecule has 0 aliphatic heterocycles. The van der Waals surface area contributed by atoms with E-state index in [2.05, 4.69) is 0 Å². The van der Waals surface area contributed by atoms with Crippen molar-refractivity contribution in [2.24, 2.45) is 0 Å². The predicted octanol–water partition coefficient (Wildman–Crippen LogP) is 1.68. The van der Waals surface area contributed by atoms with E-state index in [1.54, 1.807) is 25.3 Å². The van der Waals surface area contributed by atoms with E-state index in [4.69, 9.17) is 5.11 Å². The molecule has 1 aromatic rings. The molecule has 0 unspecified atom stereocenters. The molecule has 92 valence electrons. The number of hydrogen-bond acceptors (Lipinski definition) is 2. The van der Waals surface area contributed by atoms with E-state index >= 15 is 0 Å². The molecule has 0 aliphatic carbocycles. The molecule has 0 heterocycles. The maximum Gasteiger partial charge on any atom is 0.246 e. The highest BCUT2D eigenvalue weighted by molar-refractivity contribution is 5.91. The Bertz CT molecular complexity index is 404. The van der Waals surface area contributed by atoms with Crippen LogP contribution in [0.25, 0.3) is 6.08 Å². The van der Waals surface area contributed by atoms with Gasteiger partial charge in [-0.1, -0.05) is 12.1 Å². The SMILES string of the molecule is CN(CCCO)C(=O)/C=C/c1cccc(F)c1. The van der Waals surface area contributed by atoms with Crippen LogP contribution < -0.4 is 0 Å². The monoisotopic (exact) mass is 237 g/mol. The van der Waals surface area contributed by atoms with Crippen LogP contribution in [0.4, 0.5) is 4.39 Å². The third kappa shape index (κ3) is 4.78. The van der Waals surface area contributed by atoms with E-state index in [1.807, 2.05) is 0 Å². The van der Waals surface area contributed by atoms with Crippen molar-refractivity contribution in [3.05, 3.63) is 41.7 Å². The summed E-state index contributed by atoms with van der Waals surface area (Å²) in [5.74, 6) is -0.490. The number of likely N-dealkylation sites (N-methyl/N-ethyl adjacent to an activating group) is 1. The van der Waals surface area contributed by atoms with Crippen LogP contribution in [0.1, 0.15) is 12.0 Å². The highest BCUT2D eigenvalue weighted by Crippen LogP contribution is 2.05. The Kier molecular flexibility index (Phi) is 5.36. The van der Waals surface area contributed by atoms with Gasteiger partial charge in [-0.3, -0.25) is 4.79 Å². The zero-order chi connectivity index (χ0) is 12.7. The van der Waals surface area contributed by atoms with Crippen molar-refractivity contribution in [2.45, 2.75) is 6.42 Å². The lowest BCUT2D eigenvalue weighted by molar-refractivity contribution is -0.124. The molecule has 17 heavy (non-hydrogen) atoms. The highest BCUT2D eigenvalue weighted by Gasteiger charge is 2.03. The topological polar surface area (TPSA) is 40.5 Å². The minimum absolute atomic E-state index is 0.0607. The molecular formula is C13H16FNO2. The van der Waals surface area contributed by atoms with Gasteiger partial charge >= 0.3 is 0 Å². The molecule has 1 rings (SSSR count). The van der Waals surface area contributed by atoms with Crippen LogP contribution in [-0.4, -0.2) is 36.1 Å². The number of amides is 1. The van der Waals surface area contributed by atoms with E-state index in [1.165, 1.54) is 23.1 Å². The summed E-state index contributed by atoms with van der Waals surface area (Å²) in [6, 6.07) is 6.03. The minimum Gasteiger partial charge on any atom is -0.396 e. The summed E-state index contributed by atoms with van der Waals surface area (Å²) in [5.41, 5.74) is 0.647. The van der Waals surface area contributed by atoms with Gasteiger partial charge in [-0.05, 0) is 30.2 Å². The second kappa shape index (κ2) is 6.81. The van der Waals surface area contributed by atoms with Gasteiger partial charge in [0.15, 0.2) is 0 Å². The van der Waals surface area contributed by atoms with Crippen LogP contribution >= 0.6 is 0 Å². The minimum atomic E-state index is -0.326. The van der Waals surface area contributed by atoms with Gasteiger partial charge in [0.05, 0.1) is 0 Å². The normalized spacial score (nSPS) is 10.8. The molecule has 1 amide bonds. The molecule has 1 N–H and O–H groups in total. The number of benzene rings is 1. The van der Waals surface area contributed by atoms with Crippen molar-refractivity contribution in [1.29, 1.82) is 0 Å². The Balaban J connectivity index is 2.55. The van der Waals surface area contributed by atoms with Gasteiger partial charge in [0, 0.05) is 26.3 Å². The van der Waals surface area contributed by atoms with Crippen molar-refractivity contribution in [3.63, 3.8) is 0 Å². The van der Waals surface area contributed by atoms with Gasteiger partial charge in [-0.15, -0.1) is 0 Å². The average Bonchev–Trinajstić information content (AvgIpc) is 2.33. The molecule has 0 aromatic heterocycles. The largest absolute Gasteiger partial charge is 0.396 e. The van der Waals surface area contributed by atoms with E-state index in [0.717, 1.165) is 0 Å². The molecule has 4 heteroatoms. The van der Waals surface area contributed by atoms with Crippen LogP contribution in [0.3, 0.4) is 0 Å². The van der Waals surface area contributed by atoms with Crippen molar-refractivity contribution in [3.8, 4) is 0 Å². The molecule has 3 nitrogen and oxygen atoms in total. The third-order valence-corrected chi connectivity index (χ3v) is 2.29. The number of carbonyl (C=O) groups is 1. The fourth-order valence-corrected chi connectivity index (χ4v) is 1.32. The van der Waals surface area contributed by atoms with Gasteiger partial charge < -0.3 is 10.0 Å². The first-order chi connectivity index (χ1) is 8.13. The first kappa shape index (κ1) is 13.4. The van der Waals surface area contributed by atoms with Gasteiger partial charge in [-0.2, -0.15) is 0 Å². The Labute approximate surface area is 100 Å². The van der Waals surface area contributed by atoms with E-state index in [0.29, 0.717) is 18.5 Å². The Morgan fingerprint density at radius 2 is 2.29 bits per heavy atom. The number of nitrogens with zero attached hydrogens (tertiary/aromatic N) is 1. The molecular weight excluding hydrogens is 221 g/mol. The lowest BCUT2D eigenvalue weighted by atomic mass is 10.2. The van der Waals surface area contributed by atoms with E-state index < -0.39 is 0 Å². The quantitative estimate of drug-likeness (QED) is 0.791. The van der Waals surface area contributed by atoms with Gasteiger partial charge in [-0.25, -0.2) is 4.39 Å². The molecule has 0 bridgehead atoms. The first-order valence-electron chi connectivity index (χ1n) is 5.43. The van der Waals surface area contributed by atoms with Crippen molar-refractivity contribution in [1.82, 2.24) is 4.90 Å². The summed E-state index contributed by atoms with van der Waals surface area (Å²) in [6.45, 7) is 0.564. The zero-order valence-electron chi connectivity index (χ0n) is 9.77. The Morgan fingerprint density at radius 1 is 1.53 bits per heavy atom. The summed E-state index contributed by atoms with van der Waals surface area (Å²) < 4.78 is 12.9. The number of halogens is 1. The molecule has 0 spiro atoms. The number of carbonyl (C=O) groups excluding carboxylic acids is 1. The zero-order valence-corrected chi connectivity index (χ0v) is 9.77. The summed E-state index contributed by atoms with van der Waals surface area (Å²) in [4.78, 5) is 13.1. The third-order valence-electron chi connectivity index (χ3n) is 2.29. The molecule has 1 aromatic carbocycles. The second-order valence-corrected chi connectivity index (χ2v) is 3.73. The number of aliphatic hydroxyl groups is 1. The van der Waals surface area contributed by atoms with Crippen LogP contribution in [0, 0.1) is 5.82 Å². The van der Waals surface area contributed by atoms with E-state index in [9.17, 15) is 9.18 Å². The molecule has 0 radical (unpaired) electrons. The lowest BCUT2D eigenvalue weighted by Crippen LogP contribution is -2.26. The summed E-state index contributed by atoms with van der Waals surface area (Å²) in [5, 5.41) is 8.64. The van der Waals surface area contributed by atoms with Gasteiger partial charge in [0.2, 0.25) is 5.91 Å². The van der Waals surface area contributed by atoms with Crippen LogP contribution in [-0.2, 0) is 4.79 Å². The first-order valence-corrected chi connectivity index (χ1v) is 5.43. The van der Waals surface area contributed by atoms with Crippen LogP contribution in [0.2, 0.25) is 0 Å². The number of rotatable bonds is 5. The fourth-order valence-electron chi connectivity index (χ4n) is 1.32. The van der Waals surface area contributed by atoms with Crippen molar-refractivity contribution in [2.75, 3.05) is 20.2 Å². The summed E-state index contributed by atoms with van der Waals surface area (Å²) in [6.07, 6.45) is 3.52. The van der Waals surface area contributed by atoms with Gasteiger partial charge in [0.25, 0.3) is 0 Å². The molecule has 0 saturated heterocycles. The van der Waals surface area contributed by atoms with Crippen molar-refractivity contribution < 1.29 is 14.3 Å². The lowest BCUT2D eigenvalue weighted by Gasteiger charge is -2.13. The predicted molar refractivity (Wildman–Crippen MR) is 64.8 cm³/mol. The Morgan fingerprint density at radius 3 is 2.94 bits per heavy atom. The smallest absolute Gasteiger partial charge is 0.246 e. The fraction of sp³-hybridized carbons (Fsp3) is 0.308. The van der Waals surface area contributed by atoms with Gasteiger partial charge in [0.1, 0.15) is 5.82 Å². The molecule has 0 atom stereocenters. The highest BCUT2D eigenvalue weighted by atomic mass is 19.1. The van der Waals surface area contributed by atoms with Crippen LogP contribution in [0.15, 0.2) is 30.3 Å². The summed E-state index contributed by atoms with van der Waals surface area (Å²) in [7, 11) is 1.66. The maximum atomic E-state index is 12.9. The van der Waals surface area contributed by atoms with Crippen molar-refractivity contribution >= 4 is 12.0 Å². The Hall–Kier alpha value is -1.68.